The molecule has 3 N–H and O–H groups in total. The van der Waals surface area contributed by atoms with Gasteiger partial charge in [-0.25, -0.2) is 13.8 Å². The van der Waals surface area contributed by atoms with Crippen LogP contribution in [0.25, 0.3) is 5.65 Å². The number of nitrogens with one attached hydrogen (secondary N) is 1. The monoisotopic (exact) mass is 316 g/mol. The molecule has 0 aliphatic carbocycles. The highest BCUT2D eigenvalue weighted by Crippen LogP contribution is 2.18. The van der Waals surface area contributed by atoms with Crippen LogP contribution in [0.4, 0.5) is 14.5 Å². The summed E-state index contributed by atoms with van der Waals surface area (Å²) in [6.07, 6.45) is 2.33. The summed E-state index contributed by atoms with van der Waals surface area (Å²) >= 11 is 0. The fraction of sp³-hybridized carbons (Fsp3) is 0. The molecule has 0 unspecified atom stereocenters. The minimum atomic E-state index is -0.752. The summed E-state index contributed by atoms with van der Waals surface area (Å²) < 4.78 is 28.3. The molecule has 0 bridgehead atoms. The molecule has 0 saturated carbocycles. The number of hydrogen-bond donors (Lipinski definition) is 2. The second-order valence-electron chi connectivity index (χ2n) is 4.73. The average Bonchev–Trinajstić information content (AvgIpc) is 2.92. The summed E-state index contributed by atoms with van der Waals surface area (Å²) in [5, 5.41) is 2.31. The number of primary amides is 1. The summed E-state index contributed by atoms with van der Waals surface area (Å²) in [6.45, 7) is 0. The van der Waals surface area contributed by atoms with Gasteiger partial charge in [0.1, 0.15) is 23.0 Å². The Morgan fingerprint density at radius 3 is 2.70 bits per heavy atom. The number of carbonyl (C=O) groups is 2. The van der Waals surface area contributed by atoms with E-state index in [0.29, 0.717) is 5.65 Å². The van der Waals surface area contributed by atoms with Crippen LogP contribution in [0.2, 0.25) is 0 Å². The predicted octanol–water partition coefficient (Wildman–Crippen LogP) is 1.96. The van der Waals surface area contributed by atoms with Gasteiger partial charge in [0.15, 0.2) is 0 Å². The van der Waals surface area contributed by atoms with Crippen LogP contribution in [0.1, 0.15) is 20.8 Å². The quantitative estimate of drug-likeness (QED) is 0.774. The lowest BCUT2D eigenvalue weighted by Gasteiger charge is -2.07. The maximum absolute atomic E-state index is 13.8. The fourth-order valence-corrected chi connectivity index (χ4v) is 2.08. The van der Waals surface area contributed by atoms with Crippen LogP contribution in [0, 0.1) is 11.6 Å². The van der Waals surface area contributed by atoms with Crippen LogP contribution in [0.3, 0.4) is 0 Å². The molecule has 0 saturated heterocycles. The zero-order chi connectivity index (χ0) is 16.6. The molecule has 2 aromatic heterocycles. The Balaban J connectivity index is 1.96. The SMILES string of the molecule is NC(=O)c1ccc(F)c(NC(=O)c2cnc3ccc(F)cn23)c1. The second kappa shape index (κ2) is 5.48. The molecule has 3 rings (SSSR count). The highest BCUT2D eigenvalue weighted by Gasteiger charge is 2.15. The smallest absolute Gasteiger partial charge is 0.274 e. The first kappa shape index (κ1) is 14.6. The zero-order valence-electron chi connectivity index (χ0n) is 11.6. The fourth-order valence-electron chi connectivity index (χ4n) is 2.08. The van der Waals surface area contributed by atoms with Crippen molar-refractivity contribution in [2.24, 2.45) is 5.73 Å². The van der Waals surface area contributed by atoms with Crippen molar-refractivity contribution in [3.8, 4) is 0 Å². The summed E-state index contributed by atoms with van der Waals surface area (Å²) in [5.41, 5.74) is 5.34. The number of fused-ring (bicyclic) bond motifs is 1. The van der Waals surface area contributed by atoms with Gasteiger partial charge in [0.2, 0.25) is 5.91 Å². The minimum absolute atomic E-state index is 0.0170. The number of aromatic nitrogens is 2. The Morgan fingerprint density at radius 1 is 1.17 bits per heavy atom. The van der Waals surface area contributed by atoms with Gasteiger partial charge in [0.25, 0.3) is 5.91 Å². The first-order valence-electron chi connectivity index (χ1n) is 6.49. The number of hydrogen-bond acceptors (Lipinski definition) is 3. The molecule has 0 radical (unpaired) electrons. The van der Waals surface area contributed by atoms with Crippen molar-refractivity contribution in [1.82, 2.24) is 9.38 Å². The Labute approximate surface area is 128 Å². The number of halogens is 2. The van der Waals surface area contributed by atoms with E-state index < -0.39 is 23.4 Å². The number of amides is 2. The lowest BCUT2D eigenvalue weighted by atomic mass is 10.2. The van der Waals surface area contributed by atoms with Gasteiger partial charge in [-0.3, -0.25) is 14.0 Å². The van der Waals surface area contributed by atoms with Crippen molar-refractivity contribution in [3.05, 3.63) is 65.6 Å². The van der Waals surface area contributed by atoms with E-state index in [2.05, 4.69) is 10.3 Å². The Hall–Kier alpha value is -3.29. The van der Waals surface area contributed by atoms with E-state index in [4.69, 9.17) is 5.73 Å². The van der Waals surface area contributed by atoms with Crippen LogP contribution < -0.4 is 11.1 Å². The Morgan fingerprint density at radius 2 is 1.96 bits per heavy atom. The third kappa shape index (κ3) is 2.73. The standard InChI is InChI=1S/C15H10F2N4O2/c16-9-2-4-13-19-6-12(21(13)7-9)15(23)20-11-5-8(14(18)22)1-3-10(11)17/h1-7H,(H2,18,22)(H,20,23). The van der Waals surface area contributed by atoms with Crippen molar-refractivity contribution >= 4 is 23.1 Å². The molecule has 1 aromatic carbocycles. The number of nitrogens with zero attached hydrogens (tertiary/aromatic N) is 2. The molecular formula is C15H10F2N4O2. The molecule has 0 atom stereocenters. The maximum atomic E-state index is 13.8. The molecule has 116 valence electrons. The second-order valence-corrected chi connectivity index (χ2v) is 4.73. The molecule has 2 heterocycles. The maximum Gasteiger partial charge on any atom is 0.274 e. The minimum Gasteiger partial charge on any atom is -0.366 e. The van der Waals surface area contributed by atoms with Crippen molar-refractivity contribution < 1.29 is 18.4 Å². The van der Waals surface area contributed by atoms with Crippen molar-refractivity contribution in [3.63, 3.8) is 0 Å². The molecule has 0 fully saturated rings. The zero-order valence-corrected chi connectivity index (χ0v) is 11.6. The summed E-state index contributed by atoms with van der Waals surface area (Å²) in [4.78, 5) is 27.3. The summed E-state index contributed by atoms with van der Waals surface area (Å²) in [5.74, 6) is -2.74. The number of anilines is 1. The average molecular weight is 316 g/mol. The largest absolute Gasteiger partial charge is 0.366 e. The third-order valence-electron chi connectivity index (χ3n) is 3.20. The first-order valence-corrected chi connectivity index (χ1v) is 6.49. The van der Waals surface area contributed by atoms with E-state index in [0.717, 1.165) is 18.3 Å². The molecule has 3 aromatic rings. The molecule has 0 aliphatic rings. The van der Waals surface area contributed by atoms with Gasteiger partial charge < -0.3 is 11.1 Å². The highest BCUT2D eigenvalue weighted by molar-refractivity contribution is 6.04. The number of rotatable bonds is 3. The lowest BCUT2D eigenvalue weighted by molar-refractivity contribution is 0.0995. The van der Waals surface area contributed by atoms with Gasteiger partial charge in [-0.05, 0) is 30.3 Å². The van der Waals surface area contributed by atoms with E-state index >= 15 is 0 Å². The van der Waals surface area contributed by atoms with Crippen LogP contribution in [0.15, 0.2) is 42.7 Å². The van der Waals surface area contributed by atoms with Gasteiger partial charge in [-0.1, -0.05) is 0 Å². The number of imidazole rings is 1. The summed E-state index contributed by atoms with van der Waals surface area (Å²) in [6, 6.07) is 5.96. The van der Waals surface area contributed by atoms with E-state index in [1.165, 1.54) is 28.8 Å². The Kier molecular flexibility index (Phi) is 3.49. The number of pyridine rings is 1. The van der Waals surface area contributed by atoms with E-state index in [1.54, 1.807) is 0 Å². The van der Waals surface area contributed by atoms with Crippen LogP contribution in [0.5, 0.6) is 0 Å². The summed E-state index contributed by atoms with van der Waals surface area (Å²) in [7, 11) is 0. The van der Waals surface area contributed by atoms with Crippen LogP contribution in [-0.2, 0) is 0 Å². The predicted molar refractivity (Wildman–Crippen MR) is 78.0 cm³/mol. The number of carbonyl (C=O) groups excluding carboxylic acids is 2. The first-order chi connectivity index (χ1) is 11.0. The number of nitrogens with two attached hydrogens (primary N) is 1. The van der Waals surface area contributed by atoms with E-state index in [-0.39, 0.29) is 16.9 Å². The van der Waals surface area contributed by atoms with Crippen LogP contribution >= 0.6 is 0 Å². The topological polar surface area (TPSA) is 89.5 Å². The van der Waals surface area contributed by atoms with Crippen molar-refractivity contribution in [1.29, 1.82) is 0 Å². The molecule has 0 aliphatic heterocycles. The van der Waals surface area contributed by atoms with Crippen molar-refractivity contribution in [2.75, 3.05) is 5.32 Å². The molecule has 8 heteroatoms. The molecule has 6 nitrogen and oxygen atoms in total. The van der Waals surface area contributed by atoms with E-state index in [1.807, 2.05) is 0 Å². The Bertz CT molecular complexity index is 936. The highest BCUT2D eigenvalue weighted by atomic mass is 19.1. The molecule has 0 spiro atoms. The molecule has 23 heavy (non-hydrogen) atoms. The lowest BCUT2D eigenvalue weighted by Crippen LogP contribution is -2.17. The van der Waals surface area contributed by atoms with Gasteiger partial charge >= 0.3 is 0 Å². The van der Waals surface area contributed by atoms with Gasteiger partial charge in [-0.2, -0.15) is 0 Å². The van der Waals surface area contributed by atoms with E-state index in [9.17, 15) is 18.4 Å². The normalized spacial score (nSPS) is 10.7. The van der Waals surface area contributed by atoms with Gasteiger partial charge in [0, 0.05) is 11.8 Å². The molecular weight excluding hydrogens is 306 g/mol. The van der Waals surface area contributed by atoms with Crippen LogP contribution in [-0.4, -0.2) is 21.2 Å². The number of benzene rings is 1. The van der Waals surface area contributed by atoms with Crippen molar-refractivity contribution in [2.45, 2.75) is 0 Å². The van der Waals surface area contributed by atoms with Gasteiger partial charge in [-0.15, -0.1) is 0 Å². The third-order valence-corrected chi connectivity index (χ3v) is 3.20. The molecule has 2 amide bonds. The van der Waals surface area contributed by atoms with Gasteiger partial charge in [0.05, 0.1) is 11.9 Å².